The molecule has 0 bridgehead atoms. The van der Waals surface area contributed by atoms with Crippen LogP contribution in [0.5, 0.6) is 0 Å². The lowest BCUT2D eigenvalue weighted by Gasteiger charge is -2.10. The summed E-state index contributed by atoms with van der Waals surface area (Å²) in [5.41, 5.74) is 1.78. The van der Waals surface area contributed by atoms with E-state index in [4.69, 9.17) is 0 Å². The van der Waals surface area contributed by atoms with E-state index in [1.807, 2.05) is 30.5 Å². The fraction of sp³-hybridized carbons (Fsp3) is 0.312. The second-order valence-corrected chi connectivity index (χ2v) is 5.69. The first-order valence-corrected chi connectivity index (χ1v) is 7.61. The maximum absolute atomic E-state index is 12.4. The molecule has 2 N–H and O–H groups in total. The zero-order valence-corrected chi connectivity index (χ0v) is 12.1. The molecule has 0 radical (unpaired) electrons. The van der Waals surface area contributed by atoms with Gasteiger partial charge in [0.2, 0.25) is 5.91 Å². The average Bonchev–Trinajstić information content (AvgIpc) is 3.29. The van der Waals surface area contributed by atoms with Crippen molar-refractivity contribution in [3.05, 3.63) is 36.7 Å². The molecule has 2 heterocycles. The second kappa shape index (κ2) is 5.29. The standard InChI is InChI=1S/C16H17N5O/c22-16(11-5-1-2-6-11)18-15-14-12(19-20-15)7-3-8-13(14)21-10-4-9-17-21/h3-4,7-11H,1-2,5-6H2,(H2,18,19,20,22). The Morgan fingerprint density at radius 2 is 2.14 bits per heavy atom. The van der Waals surface area contributed by atoms with Gasteiger partial charge in [-0.1, -0.05) is 18.9 Å². The summed E-state index contributed by atoms with van der Waals surface area (Å²) in [5, 5.41) is 15.4. The third kappa shape index (κ3) is 2.16. The Bertz CT molecular complexity index is 799. The van der Waals surface area contributed by atoms with Crippen LogP contribution in [0.2, 0.25) is 0 Å². The maximum Gasteiger partial charge on any atom is 0.228 e. The van der Waals surface area contributed by atoms with Crippen molar-refractivity contribution < 1.29 is 4.79 Å². The molecule has 22 heavy (non-hydrogen) atoms. The summed E-state index contributed by atoms with van der Waals surface area (Å²) in [4.78, 5) is 12.4. The highest BCUT2D eigenvalue weighted by Gasteiger charge is 2.24. The average molecular weight is 295 g/mol. The quantitative estimate of drug-likeness (QED) is 0.780. The summed E-state index contributed by atoms with van der Waals surface area (Å²) >= 11 is 0. The number of hydrogen-bond donors (Lipinski definition) is 2. The molecular weight excluding hydrogens is 278 g/mol. The molecule has 0 atom stereocenters. The first-order valence-electron chi connectivity index (χ1n) is 7.61. The number of carbonyl (C=O) groups is 1. The molecule has 3 aromatic rings. The molecule has 1 aliphatic rings. The van der Waals surface area contributed by atoms with E-state index < -0.39 is 0 Å². The largest absolute Gasteiger partial charge is 0.308 e. The highest BCUT2D eigenvalue weighted by atomic mass is 16.2. The second-order valence-electron chi connectivity index (χ2n) is 5.69. The zero-order valence-electron chi connectivity index (χ0n) is 12.1. The number of carbonyl (C=O) groups excluding carboxylic acids is 1. The number of aromatic amines is 1. The van der Waals surface area contributed by atoms with Gasteiger partial charge < -0.3 is 5.32 Å². The van der Waals surface area contributed by atoms with Crippen molar-refractivity contribution >= 4 is 22.6 Å². The van der Waals surface area contributed by atoms with E-state index >= 15 is 0 Å². The molecule has 6 heteroatoms. The maximum atomic E-state index is 12.4. The van der Waals surface area contributed by atoms with Gasteiger partial charge in [-0.25, -0.2) is 4.68 Å². The molecule has 1 aliphatic carbocycles. The summed E-state index contributed by atoms with van der Waals surface area (Å²) in [6.07, 6.45) is 7.83. The summed E-state index contributed by atoms with van der Waals surface area (Å²) < 4.78 is 1.78. The number of H-pyrrole nitrogens is 1. The van der Waals surface area contributed by atoms with Gasteiger partial charge in [0, 0.05) is 18.3 Å². The van der Waals surface area contributed by atoms with Crippen LogP contribution in [0, 0.1) is 5.92 Å². The Kier molecular flexibility index (Phi) is 3.14. The van der Waals surface area contributed by atoms with Crippen molar-refractivity contribution in [2.75, 3.05) is 5.32 Å². The fourth-order valence-corrected chi connectivity index (χ4v) is 3.15. The third-order valence-corrected chi connectivity index (χ3v) is 4.29. The van der Waals surface area contributed by atoms with Gasteiger partial charge in [0.25, 0.3) is 0 Å². The molecule has 0 unspecified atom stereocenters. The summed E-state index contributed by atoms with van der Waals surface area (Å²) in [5.74, 6) is 0.766. The zero-order chi connectivity index (χ0) is 14.9. The van der Waals surface area contributed by atoms with Crippen LogP contribution in [0.15, 0.2) is 36.7 Å². The SMILES string of the molecule is O=C(Nc1n[nH]c2cccc(-n3cccn3)c12)C1CCCC1. The molecule has 1 saturated carbocycles. The van der Waals surface area contributed by atoms with Crippen molar-refractivity contribution in [2.24, 2.45) is 5.92 Å². The van der Waals surface area contributed by atoms with Crippen LogP contribution < -0.4 is 5.32 Å². The molecule has 0 spiro atoms. The normalized spacial score (nSPS) is 15.5. The predicted octanol–water partition coefficient (Wildman–Crippen LogP) is 2.88. The molecule has 1 fully saturated rings. The van der Waals surface area contributed by atoms with E-state index in [9.17, 15) is 4.79 Å². The Labute approximate surface area is 127 Å². The molecule has 0 aliphatic heterocycles. The van der Waals surface area contributed by atoms with Crippen LogP contribution >= 0.6 is 0 Å². The van der Waals surface area contributed by atoms with Crippen molar-refractivity contribution in [1.29, 1.82) is 0 Å². The van der Waals surface area contributed by atoms with Gasteiger partial charge in [0.05, 0.1) is 16.6 Å². The van der Waals surface area contributed by atoms with E-state index in [2.05, 4.69) is 20.6 Å². The minimum absolute atomic E-state index is 0.0705. The third-order valence-electron chi connectivity index (χ3n) is 4.29. The number of amides is 1. The number of nitrogens with one attached hydrogen (secondary N) is 2. The molecule has 0 saturated heterocycles. The van der Waals surface area contributed by atoms with Crippen LogP contribution in [-0.4, -0.2) is 25.9 Å². The van der Waals surface area contributed by atoms with E-state index in [1.165, 1.54) is 0 Å². The van der Waals surface area contributed by atoms with E-state index in [1.54, 1.807) is 10.9 Å². The first-order chi connectivity index (χ1) is 10.8. The van der Waals surface area contributed by atoms with Crippen LogP contribution in [0.25, 0.3) is 16.6 Å². The topological polar surface area (TPSA) is 75.6 Å². The number of aromatic nitrogens is 4. The van der Waals surface area contributed by atoms with Crippen LogP contribution in [0.3, 0.4) is 0 Å². The van der Waals surface area contributed by atoms with Gasteiger partial charge in [-0.2, -0.15) is 10.2 Å². The molecule has 4 rings (SSSR count). The van der Waals surface area contributed by atoms with Gasteiger partial charge in [0.1, 0.15) is 0 Å². The Morgan fingerprint density at radius 1 is 1.27 bits per heavy atom. The van der Waals surface area contributed by atoms with Gasteiger partial charge >= 0.3 is 0 Å². The number of benzene rings is 1. The van der Waals surface area contributed by atoms with Crippen LogP contribution in [0.4, 0.5) is 5.82 Å². The lowest BCUT2D eigenvalue weighted by Crippen LogP contribution is -2.20. The van der Waals surface area contributed by atoms with Gasteiger partial charge in [-0.15, -0.1) is 0 Å². The van der Waals surface area contributed by atoms with Crippen molar-refractivity contribution in [3.8, 4) is 5.69 Å². The summed E-state index contributed by atoms with van der Waals surface area (Å²) in [6.45, 7) is 0. The molecule has 1 amide bonds. The van der Waals surface area contributed by atoms with Crippen molar-refractivity contribution in [1.82, 2.24) is 20.0 Å². The lowest BCUT2D eigenvalue weighted by molar-refractivity contribution is -0.119. The Hall–Kier alpha value is -2.63. The van der Waals surface area contributed by atoms with E-state index in [0.717, 1.165) is 42.3 Å². The smallest absolute Gasteiger partial charge is 0.228 e. The first kappa shape index (κ1) is 13.1. The highest BCUT2D eigenvalue weighted by Crippen LogP contribution is 2.30. The monoisotopic (exact) mass is 295 g/mol. The Morgan fingerprint density at radius 3 is 2.91 bits per heavy atom. The Balaban J connectivity index is 1.73. The molecular formula is C16H17N5O. The predicted molar refractivity (Wildman–Crippen MR) is 83.8 cm³/mol. The lowest BCUT2D eigenvalue weighted by atomic mass is 10.1. The summed E-state index contributed by atoms with van der Waals surface area (Å²) in [6, 6.07) is 7.73. The van der Waals surface area contributed by atoms with Crippen LogP contribution in [-0.2, 0) is 4.79 Å². The fourth-order valence-electron chi connectivity index (χ4n) is 3.15. The van der Waals surface area contributed by atoms with Gasteiger partial charge in [-0.3, -0.25) is 9.89 Å². The molecule has 112 valence electrons. The number of hydrogen-bond acceptors (Lipinski definition) is 3. The summed E-state index contributed by atoms with van der Waals surface area (Å²) in [7, 11) is 0. The van der Waals surface area contributed by atoms with Gasteiger partial charge in [-0.05, 0) is 31.0 Å². The van der Waals surface area contributed by atoms with E-state index in [-0.39, 0.29) is 11.8 Å². The number of anilines is 1. The molecule has 1 aromatic carbocycles. The van der Waals surface area contributed by atoms with Crippen molar-refractivity contribution in [2.45, 2.75) is 25.7 Å². The highest BCUT2D eigenvalue weighted by molar-refractivity contribution is 6.03. The van der Waals surface area contributed by atoms with E-state index in [0.29, 0.717) is 5.82 Å². The molecule has 6 nitrogen and oxygen atoms in total. The number of rotatable bonds is 3. The molecule has 2 aromatic heterocycles. The minimum atomic E-state index is 0.0705. The number of fused-ring (bicyclic) bond motifs is 1. The van der Waals surface area contributed by atoms with Gasteiger partial charge in [0.15, 0.2) is 5.82 Å². The minimum Gasteiger partial charge on any atom is -0.308 e. The van der Waals surface area contributed by atoms with Crippen LogP contribution in [0.1, 0.15) is 25.7 Å². The van der Waals surface area contributed by atoms with Crippen molar-refractivity contribution in [3.63, 3.8) is 0 Å². The number of nitrogens with zero attached hydrogens (tertiary/aromatic N) is 3.